The normalized spacial score (nSPS) is 12.4. The smallest absolute Gasteiger partial charge is 0.302 e. The zero-order valence-corrected chi connectivity index (χ0v) is 19.2. The van der Waals surface area contributed by atoms with Crippen molar-refractivity contribution in [1.29, 1.82) is 0 Å². The van der Waals surface area contributed by atoms with Gasteiger partial charge in [-0.2, -0.15) is 8.42 Å². The second-order valence-electron chi connectivity index (χ2n) is 6.35. The van der Waals surface area contributed by atoms with Crippen LogP contribution in [-0.2, 0) is 37.2 Å². The Morgan fingerprint density at radius 3 is 2.33 bits per heavy atom. The van der Waals surface area contributed by atoms with E-state index in [1.54, 1.807) is 46.8 Å². The monoisotopic (exact) mass is 493 g/mol. The van der Waals surface area contributed by atoms with Crippen molar-refractivity contribution in [1.82, 2.24) is 0 Å². The van der Waals surface area contributed by atoms with Crippen LogP contribution in [0.3, 0.4) is 0 Å². The molecule has 2 aromatic rings. The summed E-state index contributed by atoms with van der Waals surface area (Å²) in [4.78, 5) is 11.7. The molecule has 0 bridgehead atoms. The minimum atomic E-state index is -4.08. The van der Waals surface area contributed by atoms with E-state index in [4.69, 9.17) is 32.5 Å². The average molecular weight is 494 g/mol. The van der Waals surface area contributed by atoms with Gasteiger partial charge in [0.25, 0.3) is 10.1 Å². The molecule has 7 nitrogen and oxygen atoms in total. The number of carbonyl (C=O) groups is 1. The molecule has 0 aliphatic rings. The number of carbonyl (C=O) groups excluding carboxylic acids is 1. The summed E-state index contributed by atoms with van der Waals surface area (Å²) in [6.07, 6.45) is 0.506. The van der Waals surface area contributed by atoms with Crippen molar-refractivity contribution < 1.29 is 26.7 Å². The van der Waals surface area contributed by atoms with Crippen LogP contribution in [0.1, 0.15) is 25.3 Å². The molecule has 11 heteroatoms. The van der Waals surface area contributed by atoms with Crippen molar-refractivity contribution in [2.75, 3.05) is 16.6 Å². The summed E-state index contributed by atoms with van der Waals surface area (Å²) in [5.41, 5.74) is 1.08. The lowest BCUT2D eigenvalue weighted by atomic mass is 10.2. The average Bonchev–Trinajstić information content (AvgIpc) is 2.66. The van der Waals surface area contributed by atoms with Crippen LogP contribution in [-0.4, -0.2) is 35.4 Å². The van der Waals surface area contributed by atoms with Gasteiger partial charge in [-0.3, -0.25) is 13.7 Å². The Morgan fingerprint density at radius 1 is 1.10 bits per heavy atom. The van der Waals surface area contributed by atoms with E-state index in [0.717, 1.165) is 0 Å². The number of hydrogen-bond acceptors (Lipinski definition) is 5. The number of unbranched alkanes of at least 4 members (excludes halogenated alkanes) is 1. The maximum Gasteiger partial charge on any atom is 0.302 e. The molecule has 2 rings (SSSR count). The highest BCUT2D eigenvalue weighted by molar-refractivity contribution is 7.86. The SMILES string of the molecule is CC(=O)OCc1ccc(Cl)cc1N(CCCCS(=O)(=O)O)S(=O)c1ccc(Cl)cc1. The fourth-order valence-corrected chi connectivity index (χ4v) is 4.71. The Hall–Kier alpha value is -1.65. The zero-order valence-electron chi connectivity index (χ0n) is 16.1. The van der Waals surface area contributed by atoms with Crippen molar-refractivity contribution in [2.45, 2.75) is 31.3 Å². The first-order valence-corrected chi connectivity index (χ1v) is 12.4. The molecule has 0 saturated heterocycles. The molecule has 0 heterocycles. The summed E-state index contributed by atoms with van der Waals surface area (Å²) in [5, 5.41) is 0.890. The van der Waals surface area contributed by atoms with Gasteiger partial charge in [-0.15, -0.1) is 0 Å². The van der Waals surface area contributed by atoms with E-state index < -0.39 is 32.8 Å². The van der Waals surface area contributed by atoms with E-state index >= 15 is 0 Å². The number of nitrogens with zero attached hydrogens (tertiary/aromatic N) is 1. The maximum atomic E-state index is 13.3. The summed E-state index contributed by atoms with van der Waals surface area (Å²) in [6, 6.07) is 11.4. The number of esters is 1. The van der Waals surface area contributed by atoms with Gasteiger partial charge in [0.15, 0.2) is 11.0 Å². The van der Waals surface area contributed by atoms with E-state index in [9.17, 15) is 17.4 Å². The van der Waals surface area contributed by atoms with Crippen molar-refractivity contribution in [3.8, 4) is 0 Å². The zero-order chi connectivity index (χ0) is 22.3. The van der Waals surface area contributed by atoms with E-state index in [-0.39, 0.29) is 19.6 Å². The number of benzene rings is 2. The first-order valence-electron chi connectivity index (χ1n) is 8.89. The lowest BCUT2D eigenvalue weighted by Gasteiger charge is -2.26. The summed E-state index contributed by atoms with van der Waals surface area (Å²) in [7, 11) is -5.76. The molecule has 2 aromatic carbocycles. The quantitative estimate of drug-likeness (QED) is 0.301. The van der Waals surface area contributed by atoms with E-state index in [1.165, 1.54) is 6.92 Å². The predicted octanol–water partition coefficient (Wildman–Crippen LogP) is 4.25. The van der Waals surface area contributed by atoms with Gasteiger partial charge < -0.3 is 4.74 Å². The van der Waals surface area contributed by atoms with Crippen LogP contribution in [0.25, 0.3) is 0 Å². The van der Waals surface area contributed by atoms with Crippen LogP contribution >= 0.6 is 23.2 Å². The Balaban J connectivity index is 2.36. The van der Waals surface area contributed by atoms with E-state index in [0.29, 0.717) is 32.6 Å². The van der Waals surface area contributed by atoms with E-state index in [1.807, 2.05) is 0 Å². The molecule has 30 heavy (non-hydrogen) atoms. The first kappa shape index (κ1) is 24.6. The van der Waals surface area contributed by atoms with Crippen molar-refractivity contribution in [3.63, 3.8) is 0 Å². The predicted molar refractivity (Wildman–Crippen MR) is 118 cm³/mol. The third-order valence-electron chi connectivity index (χ3n) is 3.98. The third kappa shape index (κ3) is 7.88. The second kappa shape index (κ2) is 11.1. The molecular weight excluding hydrogens is 473 g/mol. The lowest BCUT2D eigenvalue weighted by molar-refractivity contribution is -0.142. The van der Waals surface area contributed by atoms with Crippen LogP contribution in [0.5, 0.6) is 0 Å². The molecule has 1 unspecified atom stereocenters. The molecule has 1 atom stereocenters. The first-order chi connectivity index (χ1) is 14.1. The summed E-state index contributed by atoms with van der Waals surface area (Å²) < 4.78 is 50.9. The summed E-state index contributed by atoms with van der Waals surface area (Å²) in [5.74, 6) is -0.862. The molecule has 164 valence electrons. The fraction of sp³-hybridized carbons (Fsp3) is 0.316. The fourth-order valence-electron chi connectivity index (χ4n) is 2.58. The van der Waals surface area contributed by atoms with Crippen LogP contribution in [0.2, 0.25) is 10.0 Å². The topological polar surface area (TPSA) is 101 Å². The molecule has 0 aromatic heterocycles. The van der Waals surface area contributed by atoms with Crippen molar-refractivity contribution in [2.24, 2.45) is 0 Å². The molecule has 0 radical (unpaired) electrons. The molecule has 0 aliphatic heterocycles. The molecule has 0 aliphatic carbocycles. The Bertz CT molecular complexity index is 1010. The van der Waals surface area contributed by atoms with Gasteiger partial charge in [-0.1, -0.05) is 29.3 Å². The second-order valence-corrected chi connectivity index (χ2v) is 10.2. The highest BCUT2D eigenvalue weighted by Gasteiger charge is 2.20. The Labute approximate surface area is 188 Å². The summed E-state index contributed by atoms with van der Waals surface area (Å²) >= 11 is 12.1. The number of anilines is 1. The highest BCUT2D eigenvalue weighted by atomic mass is 35.5. The molecule has 0 saturated carbocycles. The number of hydrogen-bond donors (Lipinski definition) is 1. The molecular formula is C19H21Cl2NO6S2. The number of ether oxygens (including phenoxy) is 1. The van der Waals surface area contributed by atoms with Gasteiger partial charge in [-0.05, 0) is 49.2 Å². The molecule has 0 fully saturated rings. The Morgan fingerprint density at radius 2 is 1.73 bits per heavy atom. The van der Waals surface area contributed by atoms with Gasteiger partial charge >= 0.3 is 5.97 Å². The van der Waals surface area contributed by atoms with Crippen LogP contribution in [0, 0.1) is 0 Å². The summed E-state index contributed by atoms with van der Waals surface area (Å²) in [6.45, 7) is 1.45. The third-order valence-corrected chi connectivity index (χ3v) is 6.72. The van der Waals surface area contributed by atoms with Gasteiger partial charge in [0.2, 0.25) is 0 Å². The van der Waals surface area contributed by atoms with Gasteiger partial charge in [0.05, 0.1) is 16.3 Å². The highest BCUT2D eigenvalue weighted by Crippen LogP contribution is 2.29. The molecule has 0 spiro atoms. The Kier molecular flexibility index (Phi) is 9.11. The van der Waals surface area contributed by atoms with E-state index in [2.05, 4.69) is 0 Å². The largest absolute Gasteiger partial charge is 0.461 e. The van der Waals surface area contributed by atoms with Gasteiger partial charge in [-0.25, -0.2) is 4.21 Å². The molecule has 1 N–H and O–H groups in total. The minimum absolute atomic E-state index is 0.0405. The van der Waals surface area contributed by atoms with Gasteiger partial charge in [0, 0.05) is 29.1 Å². The van der Waals surface area contributed by atoms with Crippen molar-refractivity contribution >= 4 is 56.0 Å². The van der Waals surface area contributed by atoms with Crippen LogP contribution in [0.15, 0.2) is 47.4 Å². The minimum Gasteiger partial charge on any atom is -0.461 e. The maximum absolute atomic E-state index is 13.3. The van der Waals surface area contributed by atoms with Crippen molar-refractivity contribution in [3.05, 3.63) is 58.1 Å². The molecule has 0 amide bonds. The van der Waals surface area contributed by atoms with Crippen LogP contribution < -0.4 is 4.31 Å². The standard InChI is InChI=1S/C19H21Cl2NO6S2/c1-14(23)28-13-15-4-5-17(21)12-19(15)22(10-2-3-11-30(25,26)27)29(24)18-8-6-16(20)7-9-18/h4-9,12H,2-3,10-11,13H2,1H3,(H,25,26,27). The number of rotatable bonds is 10. The van der Waals surface area contributed by atoms with Gasteiger partial charge in [0.1, 0.15) is 6.61 Å². The number of halogens is 2. The lowest BCUT2D eigenvalue weighted by Crippen LogP contribution is -2.28. The van der Waals surface area contributed by atoms with Crippen LogP contribution in [0.4, 0.5) is 5.69 Å².